The molecule has 0 atom stereocenters. The number of H-pyrrole nitrogens is 3. The summed E-state index contributed by atoms with van der Waals surface area (Å²) >= 11 is 0. The number of fused-ring (bicyclic) bond motifs is 4. The third-order valence-corrected chi connectivity index (χ3v) is 11.0. The number of hydrogen-bond acceptors (Lipinski definition) is 9. The smallest absolute Gasteiger partial charge is 0.154 e. The van der Waals surface area contributed by atoms with Crippen LogP contribution in [0.3, 0.4) is 0 Å². The van der Waals surface area contributed by atoms with Crippen molar-refractivity contribution in [3.8, 4) is 62.6 Å². The number of rotatable bonds is 9. The van der Waals surface area contributed by atoms with Crippen molar-refractivity contribution in [2.24, 2.45) is 0 Å². The van der Waals surface area contributed by atoms with Gasteiger partial charge < -0.3 is 19.8 Å². The number of phenols is 1. The highest BCUT2D eigenvalue weighted by atomic mass is 16.5. The third kappa shape index (κ3) is 6.08. The van der Waals surface area contributed by atoms with E-state index >= 15 is 0 Å². The van der Waals surface area contributed by atoms with Crippen molar-refractivity contribution in [3.63, 3.8) is 0 Å². The lowest BCUT2D eigenvalue weighted by Crippen LogP contribution is -2.25. The highest BCUT2D eigenvalue weighted by Crippen LogP contribution is 2.36. The molecule has 1 aliphatic heterocycles. The van der Waals surface area contributed by atoms with Crippen molar-refractivity contribution in [1.82, 2.24) is 54.8 Å². The minimum absolute atomic E-state index is 0.185. The first-order chi connectivity index (χ1) is 28.5. The summed E-state index contributed by atoms with van der Waals surface area (Å²) in [6.45, 7) is 5.96. The summed E-state index contributed by atoms with van der Waals surface area (Å²) < 4.78 is 8.12. The van der Waals surface area contributed by atoms with Crippen LogP contribution in [0.4, 0.5) is 0 Å². The number of ether oxygens (including phenoxy) is 1. The molecule has 2 aromatic carbocycles. The van der Waals surface area contributed by atoms with E-state index in [1.807, 2.05) is 59.4 Å². The molecule has 4 N–H and O–H groups in total. The molecule has 9 heterocycles. The molecule has 58 heavy (non-hydrogen) atoms. The summed E-state index contributed by atoms with van der Waals surface area (Å²) in [4.78, 5) is 28.8. The van der Waals surface area contributed by atoms with E-state index in [1.54, 1.807) is 30.6 Å². The van der Waals surface area contributed by atoms with Crippen LogP contribution in [0, 0.1) is 6.92 Å². The van der Waals surface area contributed by atoms with Crippen LogP contribution >= 0.6 is 0 Å². The molecule has 0 bridgehead atoms. The second-order valence-corrected chi connectivity index (χ2v) is 14.9. The standard InChI is InChI=1S/C45H37N11O2/c1-26-16-28(19-30(17-26)58-15-14-55-12-2-3-13-55)36-21-32-42(25-48-36)56(54-45(32)40-22-37-33(49-40)8-5-11-46-37)43-10-9-34-38(51-43)23-39(50-34)44-31-20-35(47-24-41(31)52-53-44)27-6-4-7-29(57)18-27/h4-11,16-25,49-50,57H,2-3,12-15H2,1H3,(H,52,53). The maximum atomic E-state index is 10.1. The van der Waals surface area contributed by atoms with Crippen molar-refractivity contribution in [2.75, 3.05) is 26.2 Å². The second-order valence-electron chi connectivity index (χ2n) is 14.9. The highest BCUT2D eigenvalue weighted by Gasteiger charge is 2.20. The van der Waals surface area contributed by atoms with Crippen molar-refractivity contribution in [2.45, 2.75) is 19.8 Å². The number of likely N-dealkylation sites (tertiary alicyclic amines) is 1. The number of benzene rings is 2. The van der Waals surface area contributed by atoms with E-state index in [0.717, 1.165) is 120 Å². The fourth-order valence-corrected chi connectivity index (χ4v) is 8.10. The van der Waals surface area contributed by atoms with Gasteiger partial charge in [-0.15, -0.1) is 0 Å². The third-order valence-electron chi connectivity index (χ3n) is 11.0. The van der Waals surface area contributed by atoms with Gasteiger partial charge in [-0.2, -0.15) is 10.2 Å². The van der Waals surface area contributed by atoms with Crippen LogP contribution in [0.5, 0.6) is 11.5 Å². The van der Waals surface area contributed by atoms with Gasteiger partial charge in [0.25, 0.3) is 0 Å². The normalized spacial score (nSPS) is 13.5. The van der Waals surface area contributed by atoms with Crippen molar-refractivity contribution in [1.29, 1.82) is 0 Å². The fourth-order valence-electron chi connectivity index (χ4n) is 8.10. The van der Waals surface area contributed by atoms with Crippen molar-refractivity contribution >= 4 is 43.9 Å². The molecule has 8 aromatic heterocycles. The van der Waals surface area contributed by atoms with Crippen LogP contribution in [-0.2, 0) is 0 Å². The summed E-state index contributed by atoms with van der Waals surface area (Å²) in [5.41, 5.74) is 12.6. The molecule has 0 aliphatic carbocycles. The molecule has 284 valence electrons. The first-order valence-electron chi connectivity index (χ1n) is 19.4. The summed E-state index contributed by atoms with van der Waals surface area (Å²) in [6.07, 6.45) is 7.96. The molecule has 13 nitrogen and oxygen atoms in total. The van der Waals surface area contributed by atoms with E-state index in [4.69, 9.17) is 19.8 Å². The average molecular weight is 764 g/mol. The monoisotopic (exact) mass is 763 g/mol. The SMILES string of the molecule is Cc1cc(OCCN2CCCC2)cc(-c2cc3c(-c4cc5ncccc5[nH]4)nn(-c4ccc5[nH]c(-c6n[nH]c7cnc(-c8cccc(O)c8)cc67)cc5n4)c3cn2)c1. The number of aromatic amines is 3. The minimum Gasteiger partial charge on any atom is -0.508 e. The Hall–Kier alpha value is -7.38. The number of hydrogen-bond donors (Lipinski definition) is 4. The molecule has 0 amide bonds. The molecule has 0 spiro atoms. The zero-order valence-corrected chi connectivity index (χ0v) is 31.6. The lowest BCUT2D eigenvalue weighted by Gasteiger charge is -2.15. The zero-order chi connectivity index (χ0) is 38.7. The lowest BCUT2D eigenvalue weighted by atomic mass is 10.1. The Kier molecular flexibility index (Phi) is 8.00. The second kappa shape index (κ2) is 13.7. The Balaban J connectivity index is 0.980. The number of pyridine rings is 4. The number of phenolic OH excluding ortho intramolecular Hbond substituents is 1. The number of nitrogens with one attached hydrogen (secondary N) is 3. The molecule has 1 saturated heterocycles. The Morgan fingerprint density at radius 3 is 2.41 bits per heavy atom. The minimum atomic E-state index is 0.185. The summed E-state index contributed by atoms with van der Waals surface area (Å²) in [6, 6.07) is 29.4. The quantitative estimate of drug-likeness (QED) is 0.113. The molecule has 0 saturated carbocycles. The van der Waals surface area contributed by atoms with E-state index in [1.165, 1.54) is 12.8 Å². The lowest BCUT2D eigenvalue weighted by molar-refractivity contribution is 0.238. The Labute approximate surface area is 331 Å². The maximum absolute atomic E-state index is 10.1. The Morgan fingerprint density at radius 1 is 0.724 bits per heavy atom. The van der Waals surface area contributed by atoms with Gasteiger partial charge in [-0.25, -0.2) is 9.67 Å². The predicted molar refractivity (Wildman–Crippen MR) is 225 cm³/mol. The molecule has 13 heteroatoms. The number of aromatic nitrogens is 10. The van der Waals surface area contributed by atoms with Gasteiger partial charge >= 0.3 is 0 Å². The molecule has 0 radical (unpaired) electrons. The largest absolute Gasteiger partial charge is 0.508 e. The summed E-state index contributed by atoms with van der Waals surface area (Å²) in [5, 5.41) is 24.8. The van der Waals surface area contributed by atoms with E-state index in [0.29, 0.717) is 12.4 Å². The van der Waals surface area contributed by atoms with Crippen molar-refractivity contribution in [3.05, 3.63) is 115 Å². The average Bonchev–Trinajstić information content (AvgIpc) is 4.09. The molecule has 1 fully saturated rings. The van der Waals surface area contributed by atoms with E-state index < -0.39 is 0 Å². The molecular weight excluding hydrogens is 727 g/mol. The summed E-state index contributed by atoms with van der Waals surface area (Å²) in [5.74, 6) is 1.67. The van der Waals surface area contributed by atoms with Crippen molar-refractivity contribution < 1.29 is 9.84 Å². The molecular formula is C45H37N11O2. The van der Waals surface area contributed by atoms with Gasteiger partial charge in [0.2, 0.25) is 0 Å². The number of aromatic hydroxyl groups is 1. The first kappa shape index (κ1) is 33.9. The van der Waals surface area contributed by atoms with Gasteiger partial charge in [-0.1, -0.05) is 12.1 Å². The predicted octanol–water partition coefficient (Wildman–Crippen LogP) is 8.60. The van der Waals surface area contributed by atoms with Crippen LogP contribution in [-0.4, -0.2) is 86.1 Å². The number of nitrogens with zero attached hydrogens (tertiary/aromatic N) is 8. The highest BCUT2D eigenvalue weighted by molar-refractivity contribution is 5.98. The van der Waals surface area contributed by atoms with Crippen LogP contribution in [0.1, 0.15) is 18.4 Å². The molecule has 1 aliphatic rings. The maximum Gasteiger partial charge on any atom is 0.154 e. The summed E-state index contributed by atoms with van der Waals surface area (Å²) in [7, 11) is 0. The van der Waals surface area contributed by atoms with Crippen LogP contribution in [0.15, 0.2) is 110 Å². The van der Waals surface area contributed by atoms with Gasteiger partial charge in [-0.05, 0) is 117 Å². The Morgan fingerprint density at radius 2 is 1.53 bits per heavy atom. The zero-order valence-electron chi connectivity index (χ0n) is 31.6. The molecule has 0 unspecified atom stereocenters. The van der Waals surface area contributed by atoms with Gasteiger partial charge in [0.1, 0.15) is 29.5 Å². The number of aryl methyl sites for hydroxylation is 1. The van der Waals surface area contributed by atoms with Crippen LogP contribution in [0.2, 0.25) is 0 Å². The van der Waals surface area contributed by atoms with E-state index in [9.17, 15) is 5.11 Å². The van der Waals surface area contributed by atoms with E-state index in [-0.39, 0.29) is 5.75 Å². The van der Waals surface area contributed by atoms with E-state index in [2.05, 4.69) is 66.2 Å². The first-order valence-corrected chi connectivity index (χ1v) is 19.4. The van der Waals surface area contributed by atoms with Gasteiger partial charge in [-0.3, -0.25) is 25.0 Å². The van der Waals surface area contributed by atoms with Gasteiger partial charge in [0.05, 0.1) is 68.3 Å². The van der Waals surface area contributed by atoms with Crippen LogP contribution < -0.4 is 4.74 Å². The van der Waals surface area contributed by atoms with Gasteiger partial charge in [0.15, 0.2) is 5.82 Å². The topological polar surface area (TPSA) is 162 Å². The Bertz CT molecular complexity index is 3140. The van der Waals surface area contributed by atoms with Gasteiger partial charge in [0, 0.05) is 34.6 Å². The molecule has 10 aromatic rings. The van der Waals surface area contributed by atoms with Crippen LogP contribution in [0.25, 0.3) is 95.0 Å². The molecule has 11 rings (SSSR count). The fraction of sp³-hybridized carbons (Fsp3) is 0.156.